The second kappa shape index (κ2) is 5.25. The number of hydrogen-bond acceptors (Lipinski definition) is 3. The minimum atomic E-state index is -2.83. The van der Waals surface area contributed by atoms with Crippen molar-refractivity contribution in [2.24, 2.45) is 5.92 Å². The van der Waals surface area contributed by atoms with E-state index in [-0.39, 0.29) is 5.25 Å². The van der Waals surface area contributed by atoms with Gasteiger partial charge in [-0.2, -0.15) is 0 Å². The standard InChI is InChI=1S/C15H21NO2S/c17-19(18)10-4-7-14(19)11-16-15(13-8-9-13)12-5-2-1-3-6-12/h1-3,5-6,13-16H,4,7-11H2. The van der Waals surface area contributed by atoms with Gasteiger partial charge in [0.2, 0.25) is 0 Å². The van der Waals surface area contributed by atoms with E-state index in [1.54, 1.807) is 0 Å². The average Bonchev–Trinajstić information content (AvgIpc) is 3.17. The largest absolute Gasteiger partial charge is 0.308 e. The topological polar surface area (TPSA) is 46.2 Å². The summed E-state index contributed by atoms with van der Waals surface area (Å²) in [5, 5.41) is 3.35. The first-order chi connectivity index (χ1) is 9.17. The zero-order chi connectivity index (χ0) is 13.3. The molecule has 3 nitrogen and oxygen atoms in total. The molecule has 2 fully saturated rings. The van der Waals surface area contributed by atoms with E-state index < -0.39 is 9.84 Å². The van der Waals surface area contributed by atoms with Crippen LogP contribution in [0.4, 0.5) is 0 Å². The minimum Gasteiger partial charge on any atom is -0.308 e. The lowest BCUT2D eigenvalue weighted by atomic mass is 10.0. The third-order valence-corrected chi connectivity index (χ3v) is 6.56. The van der Waals surface area contributed by atoms with Crippen LogP contribution in [-0.4, -0.2) is 26.0 Å². The van der Waals surface area contributed by atoms with Gasteiger partial charge in [0.25, 0.3) is 0 Å². The summed E-state index contributed by atoms with van der Waals surface area (Å²) in [5.74, 6) is 1.06. The Balaban J connectivity index is 1.66. The fourth-order valence-electron chi connectivity index (χ4n) is 2.99. The van der Waals surface area contributed by atoms with Gasteiger partial charge in [-0.1, -0.05) is 30.3 Å². The Morgan fingerprint density at radius 2 is 1.89 bits per heavy atom. The highest BCUT2D eigenvalue weighted by Crippen LogP contribution is 2.41. The van der Waals surface area contributed by atoms with E-state index in [0.717, 1.165) is 12.8 Å². The van der Waals surface area contributed by atoms with E-state index in [1.165, 1.54) is 18.4 Å². The van der Waals surface area contributed by atoms with Crippen LogP contribution in [0.25, 0.3) is 0 Å². The van der Waals surface area contributed by atoms with Gasteiger partial charge in [0.1, 0.15) is 0 Å². The summed E-state index contributed by atoms with van der Waals surface area (Å²) in [4.78, 5) is 0. The lowest BCUT2D eigenvalue weighted by molar-refractivity contribution is 0.471. The highest BCUT2D eigenvalue weighted by molar-refractivity contribution is 7.92. The SMILES string of the molecule is O=S1(=O)CCCC1CNC(c1ccccc1)C1CC1. The molecule has 1 aliphatic carbocycles. The number of rotatable bonds is 5. The molecule has 0 radical (unpaired) electrons. The predicted molar refractivity (Wildman–Crippen MR) is 76.7 cm³/mol. The monoisotopic (exact) mass is 279 g/mol. The highest BCUT2D eigenvalue weighted by atomic mass is 32.2. The van der Waals surface area contributed by atoms with E-state index in [0.29, 0.717) is 24.3 Å². The molecule has 0 aromatic heterocycles. The molecule has 1 aromatic rings. The van der Waals surface area contributed by atoms with Crippen LogP contribution in [0.1, 0.15) is 37.3 Å². The molecule has 0 amide bonds. The van der Waals surface area contributed by atoms with Crippen molar-refractivity contribution >= 4 is 9.84 Å². The molecule has 0 spiro atoms. The predicted octanol–water partition coefficient (Wildman–Crippen LogP) is 2.30. The van der Waals surface area contributed by atoms with Crippen LogP contribution in [0, 0.1) is 5.92 Å². The van der Waals surface area contributed by atoms with Crippen molar-refractivity contribution in [3.8, 4) is 0 Å². The quantitative estimate of drug-likeness (QED) is 0.899. The molecule has 2 atom stereocenters. The summed E-state index contributed by atoms with van der Waals surface area (Å²) in [6, 6.07) is 10.7. The fraction of sp³-hybridized carbons (Fsp3) is 0.600. The second-order valence-corrected chi connectivity index (χ2v) is 8.17. The van der Waals surface area contributed by atoms with E-state index >= 15 is 0 Å². The Morgan fingerprint density at radius 1 is 1.16 bits per heavy atom. The van der Waals surface area contributed by atoms with Crippen LogP contribution in [0.3, 0.4) is 0 Å². The zero-order valence-corrected chi connectivity index (χ0v) is 11.9. The maximum absolute atomic E-state index is 11.9. The van der Waals surface area contributed by atoms with E-state index in [1.807, 2.05) is 6.07 Å². The van der Waals surface area contributed by atoms with Gasteiger partial charge in [-0.3, -0.25) is 0 Å². The lowest BCUT2D eigenvalue weighted by Gasteiger charge is -2.21. The lowest BCUT2D eigenvalue weighted by Crippen LogP contribution is -2.34. The van der Waals surface area contributed by atoms with Gasteiger partial charge in [0.15, 0.2) is 9.84 Å². The van der Waals surface area contributed by atoms with Gasteiger partial charge in [-0.15, -0.1) is 0 Å². The molecule has 104 valence electrons. The van der Waals surface area contributed by atoms with Crippen molar-refractivity contribution in [3.05, 3.63) is 35.9 Å². The van der Waals surface area contributed by atoms with Crippen LogP contribution in [0.2, 0.25) is 0 Å². The van der Waals surface area contributed by atoms with E-state index in [4.69, 9.17) is 0 Å². The molecule has 0 bridgehead atoms. The van der Waals surface area contributed by atoms with Gasteiger partial charge in [0, 0.05) is 12.6 Å². The number of nitrogens with one attached hydrogen (secondary N) is 1. The Bertz CT molecular complexity index is 522. The maximum atomic E-state index is 11.9. The summed E-state index contributed by atoms with van der Waals surface area (Å²) >= 11 is 0. The molecule has 4 heteroatoms. The van der Waals surface area contributed by atoms with Crippen molar-refractivity contribution in [3.63, 3.8) is 0 Å². The minimum absolute atomic E-state index is 0.169. The first kappa shape index (κ1) is 13.1. The van der Waals surface area contributed by atoms with Crippen LogP contribution >= 0.6 is 0 Å². The van der Waals surface area contributed by atoms with Gasteiger partial charge in [-0.05, 0) is 37.2 Å². The number of hydrogen-bond donors (Lipinski definition) is 1. The van der Waals surface area contributed by atoms with Gasteiger partial charge in [0.05, 0.1) is 11.0 Å². The summed E-state index contributed by atoms with van der Waals surface area (Å²) in [6.07, 6.45) is 4.16. The summed E-state index contributed by atoms with van der Waals surface area (Å²) < 4.78 is 23.7. The Morgan fingerprint density at radius 3 is 2.47 bits per heavy atom. The van der Waals surface area contributed by atoms with Gasteiger partial charge in [-0.25, -0.2) is 8.42 Å². The first-order valence-electron chi connectivity index (χ1n) is 7.17. The molecule has 19 heavy (non-hydrogen) atoms. The molecule has 3 rings (SSSR count). The van der Waals surface area contributed by atoms with E-state index in [9.17, 15) is 8.42 Å². The van der Waals surface area contributed by atoms with Crippen molar-refractivity contribution in [1.29, 1.82) is 0 Å². The molecule has 2 aliphatic rings. The normalized spacial score (nSPS) is 27.3. The number of benzene rings is 1. The fourth-order valence-corrected chi connectivity index (χ4v) is 4.77. The number of sulfone groups is 1. The Kier molecular flexibility index (Phi) is 3.63. The van der Waals surface area contributed by atoms with Gasteiger partial charge < -0.3 is 5.32 Å². The Hall–Kier alpha value is -0.870. The summed E-state index contributed by atoms with van der Waals surface area (Å²) in [6.45, 7) is 0.610. The molecular weight excluding hydrogens is 258 g/mol. The molecule has 1 aromatic carbocycles. The molecule has 1 saturated carbocycles. The molecule has 1 saturated heterocycles. The van der Waals surface area contributed by atoms with Crippen LogP contribution in [-0.2, 0) is 9.84 Å². The molecular formula is C15H21NO2S. The van der Waals surface area contributed by atoms with E-state index in [2.05, 4.69) is 29.6 Å². The maximum Gasteiger partial charge on any atom is 0.154 e. The average molecular weight is 279 g/mol. The van der Waals surface area contributed by atoms with Crippen molar-refractivity contribution in [2.75, 3.05) is 12.3 Å². The van der Waals surface area contributed by atoms with Crippen molar-refractivity contribution in [2.45, 2.75) is 37.0 Å². The summed E-state index contributed by atoms with van der Waals surface area (Å²) in [7, 11) is -2.83. The second-order valence-electron chi connectivity index (χ2n) is 5.77. The Labute approximate surface area is 115 Å². The highest BCUT2D eigenvalue weighted by Gasteiger charge is 2.35. The van der Waals surface area contributed by atoms with Crippen LogP contribution in [0.5, 0.6) is 0 Å². The molecule has 1 aliphatic heterocycles. The molecule has 1 N–H and O–H groups in total. The summed E-state index contributed by atoms with van der Waals surface area (Å²) in [5.41, 5.74) is 1.29. The molecule has 1 heterocycles. The van der Waals surface area contributed by atoms with Crippen LogP contribution < -0.4 is 5.32 Å². The molecule has 2 unspecified atom stereocenters. The van der Waals surface area contributed by atoms with Crippen molar-refractivity contribution < 1.29 is 8.42 Å². The third kappa shape index (κ3) is 3.00. The van der Waals surface area contributed by atoms with Gasteiger partial charge >= 0.3 is 0 Å². The van der Waals surface area contributed by atoms with Crippen molar-refractivity contribution in [1.82, 2.24) is 5.32 Å². The first-order valence-corrected chi connectivity index (χ1v) is 8.88. The zero-order valence-electron chi connectivity index (χ0n) is 11.1. The van der Waals surface area contributed by atoms with Crippen LogP contribution in [0.15, 0.2) is 30.3 Å². The third-order valence-electron chi connectivity index (χ3n) is 4.28. The smallest absolute Gasteiger partial charge is 0.154 e.